The van der Waals surface area contributed by atoms with Crippen molar-refractivity contribution in [2.24, 2.45) is 0 Å². The Morgan fingerprint density at radius 2 is 1.93 bits per heavy atom. The standard InChI is InChI=1S/C28H23F2N9O/c1-15(19-7-8-21(29)22(30)11-19)36-28(40)24-27(35-14-20(12-31)37-24)34-13-17-3-5-18(6-4-17)23-16(2)38-39-10-9-33-26(32)25(23)39/h3-11,14-15H,13H2,1-2H3,(H2,32,33)(H,34,35)(H,36,40)/t15-/m0/s1. The average molecular weight is 540 g/mol. The Morgan fingerprint density at radius 3 is 2.65 bits per heavy atom. The van der Waals surface area contributed by atoms with E-state index >= 15 is 0 Å². The molecule has 200 valence electrons. The second-order valence-corrected chi connectivity index (χ2v) is 9.05. The van der Waals surface area contributed by atoms with Crippen LogP contribution in [0.15, 0.2) is 61.1 Å². The maximum atomic E-state index is 13.7. The third-order valence-electron chi connectivity index (χ3n) is 6.35. The summed E-state index contributed by atoms with van der Waals surface area (Å²) in [4.78, 5) is 25.6. The zero-order valence-electron chi connectivity index (χ0n) is 21.5. The number of anilines is 2. The Balaban J connectivity index is 1.34. The van der Waals surface area contributed by atoms with E-state index in [0.29, 0.717) is 17.9 Å². The summed E-state index contributed by atoms with van der Waals surface area (Å²) in [5.74, 6) is -2.09. The van der Waals surface area contributed by atoms with Gasteiger partial charge in [-0.2, -0.15) is 10.4 Å². The van der Waals surface area contributed by atoms with E-state index in [1.54, 1.807) is 23.8 Å². The Kier molecular flexibility index (Phi) is 7.03. The topological polar surface area (TPSA) is 147 Å². The number of amides is 1. The first-order chi connectivity index (χ1) is 19.2. The van der Waals surface area contributed by atoms with E-state index in [1.165, 1.54) is 12.3 Å². The van der Waals surface area contributed by atoms with E-state index < -0.39 is 23.6 Å². The Labute approximate surface area is 227 Å². The third-order valence-corrected chi connectivity index (χ3v) is 6.35. The molecule has 0 bridgehead atoms. The molecular formula is C28H23F2N9O. The van der Waals surface area contributed by atoms with Crippen molar-refractivity contribution in [3.63, 3.8) is 0 Å². The number of nitrogens with two attached hydrogens (primary N) is 1. The fourth-order valence-corrected chi connectivity index (χ4v) is 4.32. The molecule has 0 aliphatic carbocycles. The smallest absolute Gasteiger partial charge is 0.274 e. The minimum atomic E-state index is -1.02. The van der Waals surface area contributed by atoms with Crippen LogP contribution in [-0.4, -0.2) is 30.5 Å². The van der Waals surface area contributed by atoms with Gasteiger partial charge in [-0.25, -0.2) is 28.2 Å². The second kappa shape index (κ2) is 10.7. The minimum absolute atomic E-state index is 0.0435. The molecule has 4 N–H and O–H groups in total. The summed E-state index contributed by atoms with van der Waals surface area (Å²) < 4.78 is 28.7. The Bertz CT molecular complexity index is 1780. The lowest BCUT2D eigenvalue weighted by atomic mass is 10.0. The predicted octanol–water partition coefficient (Wildman–Crippen LogP) is 4.33. The number of fused-ring (bicyclic) bond motifs is 1. The van der Waals surface area contributed by atoms with Crippen LogP contribution in [0, 0.1) is 29.9 Å². The molecule has 5 aromatic rings. The lowest BCUT2D eigenvalue weighted by Gasteiger charge is -2.16. The van der Waals surface area contributed by atoms with Gasteiger partial charge in [0.05, 0.1) is 17.9 Å². The molecule has 0 saturated carbocycles. The van der Waals surface area contributed by atoms with Gasteiger partial charge < -0.3 is 16.4 Å². The van der Waals surface area contributed by atoms with Crippen LogP contribution in [0.3, 0.4) is 0 Å². The Morgan fingerprint density at radius 1 is 1.15 bits per heavy atom. The number of hydrogen-bond donors (Lipinski definition) is 3. The number of halogens is 2. The number of hydrogen-bond acceptors (Lipinski definition) is 8. The summed E-state index contributed by atoms with van der Waals surface area (Å²) in [6.45, 7) is 3.83. The minimum Gasteiger partial charge on any atom is -0.382 e. The molecular weight excluding hydrogens is 516 g/mol. The highest BCUT2D eigenvalue weighted by molar-refractivity contribution is 5.97. The quantitative estimate of drug-likeness (QED) is 0.277. The number of nitrogens with one attached hydrogen (secondary N) is 2. The lowest BCUT2D eigenvalue weighted by molar-refractivity contribution is 0.0935. The molecule has 3 heterocycles. The molecule has 12 heteroatoms. The van der Waals surface area contributed by atoms with E-state index in [4.69, 9.17) is 5.73 Å². The number of nitriles is 1. The normalized spacial score (nSPS) is 11.7. The van der Waals surface area contributed by atoms with Gasteiger partial charge in [0.25, 0.3) is 5.91 Å². The highest BCUT2D eigenvalue weighted by Crippen LogP contribution is 2.31. The van der Waals surface area contributed by atoms with E-state index in [2.05, 4.69) is 30.7 Å². The van der Waals surface area contributed by atoms with Crippen LogP contribution < -0.4 is 16.4 Å². The molecule has 0 spiro atoms. The monoisotopic (exact) mass is 539 g/mol. The van der Waals surface area contributed by atoms with Crippen LogP contribution in [0.2, 0.25) is 0 Å². The summed E-state index contributed by atoms with van der Waals surface area (Å²) in [6.07, 6.45) is 4.59. The summed E-state index contributed by atoms with van der Waals surface area (Å²) in [5.41, 5.74) is 10.6. The van der Waals surface area contributed by atoms with Gasteiger partial charge in [0, 0.05) is 24.5 Å². The number of carbonyl (C=O) groups excluding carboxylic acids is 1. The molecule has 5 rings (SSSR count). The summed E-state index contributed by atoms with van der Waals surface area (Å²) in [5, 5.41) is 19.6. The first kappa shape index (κ1) is 26.2. The van der Waals surface area contributed by atoms with Gasteiger partial charge >= 0.3 is 0 Å². The number of aromatic nitrogens is 5. The first-order valence-electron chi connectivity index (χ1n) is 12.2. The van der Waals surface area contributed by atoms with Gasteiger partial charge in [-0.3, -0.25) is 4.79 Å². The highest BCUT2D eigenvalue weighted by atomic mass is 19.2. The third kappa shape index (κ3) is 5.12. The van der Waals surface area contributed by atoms with Crippen molar-refractivity contribution in [3.05, 3.63) is 101 Å². The van der Waals surface area contributed by atoms with Crippen LogP contribution in [0.25, 0.3) is 16.6 Å². The molecule has 10 nitrogen and oxygen atoms in total. The lowest BCUT2D eigenvalue weighted by Crippen LogP contribution is -2.29. The fourth-order valence-electron chi connectivity index (χ4n) is 4.32. The largest absolute Gasteiger partial charge is 0.382 e. The van der Waals surface area contributed by atoms with Crippen LogP contribution in [0.4, 0.5) is 20.4 Å². The van der Waals surface area contributed by atoms with Crippen LogP contribution in [-0.2, 0) is 6.54 Å². The maximum absolute atomic E-state index is 13.7. The van der Waals surface area contributed by atoms with Crippen molar-refractivity contribution in [1.82, 2.24) is 29.9 Å². The van der Waals surface area contributed by atoms with E-state index in [-0.39, 0.29) is 17.2 Å². The van der Waals surface area contributed by atoms with Crippen molar-refractivity contribution in [2.45, 2.75) is 26.4 Å². The SMILES string of the molecule is Cc1nn2ccnc(N)c2c1-c1ccc(CNc2ncc(C#N)nc2C(=O)N[C@@H](C)c2ccc(F)c(F)c2)cc1. The van der Waals surface area contributed by atoms with Gasteiger partial charge in [-0.15, -0.1) is 0 Å². The van der Waals surface area contributed by atoms with Crippen molar-refractivity contribution in [3.8, 4) is 17.2 Å². The highest BCUT2D eigenvalue weighted by Gasteiger charge is 2.20. The molecule has 0 saturated heterocycles. The number of rotatable bonds is 7. The zero-order valence-corrected chi connectivity index (χ0v) is 21.5. The van der Waals surface area contributed by atoms with Crippen molar-refractivity contribution in [2.75, 3.05) is 11.1 Å². The van der Waals surface area contributed by atoms with Crippen LogP contribution >= 0.6 is 0 Å². The molecule has 40 heavy (non-hydrogen) atoms. The van der Waals surface area contributed by atoms with Gasteiger partial charge in [-0.1, -0.05) is 30.3 Å². The number of aryl methyl sites for hydroxylation is 1. The van der Waals surface area contributed by atoms with Crippen molar-refractivity contribution in [1.29, 1.82) is 5.26 Å². The fraction of sp³-hybridized carbons (Fsp3) is 0.143. The van der Waals surface area contributed by atoms with Crippen LogP contribution in [0.1, 0.15) is 46.0 Å². The number of carbonyl (C=O) groups is 1. The first-order valence-corrected chi connectivity index (χ1v) is 12.2. The van der Waals surface area contributed by atoms with E-state index in [0.717, 1.165) is 40.0 Å². The summed E-state index contributed by atoms with van der Waals surface area (Å²) >= 11 is 0. The molecule has 0 unspecified atom stereocenters. The van der Waals surface area contributed by atoms with Crippen LogP contribution in [0.5, 0.6) is 0 Å². The van der Waals surface area contributed by atoms with Gasteiger partial charge in [0.2, 0.25) is 0 Å². The zero-order chi connectivity index (χ0) is 28.4. The number of nitrogen functional groups attached to an aromatic ring is 1. The second-order valence-electron chi connectivity index (χ2n) is 9.05. The molecule has 1 amide bonds. The molecule has 0 fully saturated rings. The molecule has 3 aromatic heterocycles. The van der Waals surface area contributed by atoms with Gasteiger partial charge in [0.1, 0.15) is 17.4 Å². The molecule has 1 atom stereocenters. The van der Waals surface area contributed by atoms with Gasteiger partial charge in [0.15, 0.2) is 28.8 Å². The van der Waals surface area contributed by atoms with E-state index in [1.807, 2.05) is 37.3 Å². The summed E-state index contributed by atoms with van der Waals surface area (Å²) in [7, 11) is 0. The molecule has 0 radical (unpaired) electrons. The number of nitrogens with zero attached hydrogens (tertiary/aromatic N) is 6. The van der Waals surface area contributed by atoms with Crippen molar-refractivity contribution < 1.29 is 13.6 Å². The van der Waals surface area contributed by atoms with Gasteiger partial charge in [-0.05, 0) is 42.7 Å². The number of benzene rings is 2. The van der Waals surface area contributed by atoms with Crippen molar-refractivity contribution >= 4 is 23.1 Å². The maximum Gasteiger partial charge on any atom is 0.274 e. The van der Waals surface area contributed by atoms with E-state index in [9.17, 15) is 18.8 Å². The average Bonchev–Trinajstić information content (AvgIpc) is 3.30. The Hall–Kier alpha value is -5.44. The summed E-state index contributed by atoms with van der Waals surface area (Å²) in [6, 6.07) is 12.3. The molecule has 2 aromatic carbocycles. The molecule has 0 aliphatic heterocycles. The predicted molar refractivity (Wildman–Crippen MR) is 144 cm³/mol. The molecule has 0 aliphatic rings.